The van der Waals surface area contributed by atoms with Gasteiger partial charge in [0.25, 0.3) is 0 Å². The molecule has 0 spiro atoms. The Balaban J connectivity index is 1.65. The zero-order valence-corrected chi connectivity index (χ0v) is 11.5. The van der Waals surface area contributed by atoms with E-state index in [1.807, 2.05) is 0 Å². The highest BCUT2D eigenvalue weighted by molar-refractivity contribution is 5.77. The fourth-order valence-electron chi connectivity index (χ4n) is 5.30. The van der Waals surface area contributed by atoms with Gasteiger partial charge in [0.15, 0.2) is 0 Å². The Morgan fingerprint density at radius 1 is 1.16 bits per heavy atom. The molecule has 4 heterocycles. The van der Waals surface area contributed by atoms with E-state index in [2.05, 4.69) is 9.80 Å². The van der Waals surface area contributed by atoms with Gasteiger partial charge in [-0.15, -0.1) is 0 Å². The van der Waals surface area contributed by atoms with E-state index in [1.54, 1.807) is 0 Å². The fraction of sp³-hybridized carbons (Fsp3) is 0.933. The van der Waals surface area contributed by atoms with Crippen molar-refractivity contribution in [3.8, 4) is 0 Å². The molecule has 0 aromatic carbocycles. The fourth-order valence-corrected chi connectivity index (χ4v) is 5.30. The molecule has 1 N–H and O–H groups in total. The van der Waals surface area contributed by atoms with Crippen LogP contribution in [0.15, 0.2) is 0 Å². The van der Waals surface area contributed by atoms with Crippen LogP contribution in [0.2, 0.25) is 0 Å². The van der Waals surface area contributed by atoms with E-state index in [9.17, 15) is 9.90 Å². The van der Waals surface area contributed by atoms with Crippen molar-refractivity contribution in [1.82, 2.24) is 9.80 Å². The van der Waals surface area contributed by atoms with Gasteiger partial charge < -0.3 is 10.0 Å². The summed E-state index contributed by atoms with van der Waals surface area (Å²) in [4.78, 5) is 16.9. The summed E-state index contributed by atoms with van der Waals surface area (Å²) in [6.45, 7) is 2.91. The maximum atomic E-state index is 12.2. The van der Waals surface area contributed by atoms with E-state index in [1.165, 1.54) is 19.3 Å². The number of hydrogen-bond acceptors (Lipinski definition) is 3. The van der Waals surface area contributed by atoms with Crippen LogP contribution in [0, 0.1) is 11.8 Å². The second kappa shape index (κ2) is 4.45. The minimum absolute atomic E-state index is 0.184. The van der Waals surface area contributed by atoms with Gasteiger partial charge in [-0.2, -0.15) is 0 Å². The quantitative estimate of drug-likeness (QED) is 0.705. The second-order valence-electron chi connectivity index (χ2n) is 6.95. The minimum Gasteiger partial charge on any atom is -0.392 e. The standard InChI is InChI=1S/C15H24N2O2/c18-11-7-10-8-17-13(4-1-5-14(17)19)12-3-2-6-16(9-11)15(10)12/h10-13,15,18H,1-9H2/t10-,11+,12+,13-,15+/m1/s1. The predicted molar refractivity (Wildman–Crippen MR) is 71.6 cm³/mol. The van der Waals surface area contributed by atoms with Crippen LogP contribution in [-0.2, 0) is 4.79 Å². The van der Waals surface area contributed by atoms with Gasteiger partial charge in [0, 0.05) is 31.6 Å². The van der Waals surface area contributed by atoms with Crippen molar-refractivity contribution in [2.24, 2.45) is 11.8 Å². The molecule has 0 saturated carbocycles. The maximum Gasteiger partial charge on any atom is 0.222 e. The van der Waals surface area contributed by atoms with E-state index in [0.29, 0.717) is 29.8 Å². The van der Waals surface area contributed by atoms with E-state index >= 15 is 0 Å². The number of amides is 1. The van der Waals surface area contributed by atoms with Crippen molar-refractivity contribution in [3.05, 3.63) is 0 Å². The van der Waals surface area contributed by atoms with Crippen LogP contribution in [0.1, 0.15) is 38.5 Å². The molecular formula is C15H24N2O2. The SMILES string of the molecule is O=C1CCC[C@@H]2[C@@H]3CCCN4C[C@@H](O)C[C@H](CN12)[C@@H]34. The third-order valence-electron chi connectivity index (χ3n) is 5.88. The molecule has 0 unspecified atom stereocenters. The van der Waals surface area contributed by atoms with Gasteiger partial charge in [-0.25, -0.2) is 0 Å². The molecule has 0 aliphatic carbocycles. The summed E-state index contributed by atoms with van der Waals surface area (Å²) >= 11 is 0. The van der Waals surface area contributed by atoms with Crippen LogP contribution in [0.5, 0.6) is 0 Å². The molecule has 4 rings (SSSR count). The third kappa shape index (κ3) is 1.83. The lowest BCUT2D eigenvalue weighted by Crippen LogP contribution is -2.68. The molecule has 4 saturated heterocycles. The minimum atomic E-state index is -0.184. The molecule has 4 heteroatoms. The number of nitrogens with zero attached hydrogens (tertiary/aromatic N) is 2. The van der Waals surface area contributed by atoms with Crippen molar-refractivity contribution in [1.29, 1.82) is 0 Å². The molecule has 4 aliphatic rings. The molecule has 0 aromatic heterocycles. The third-order valence-corrected chi connectivity index (χ3v) is 5.88. The number of rotatable bonds is 0. The molecule has 0 bridgehead atoms. The average Bonchev–Trinajstić information content (AvgIpc) is 2.40. The van der Waals surface area contributed by atoms with Crippen LogP contribution in [0.4, 0.5) is 0 Å². The number of carbonyl (C=O) groups is 1. The van der Waals surface area contributed by atoms with E-state index in [0.717, 1.165) is 38.9 Å². The second-order valence-corrected chi connectivity index (χ2v) is 6.95. The van der Waals surface area contributed by atoms with E-state index in [-0.39, 0.29) is 6.10 Å². The van der Waals surface area contributed by atoms with Gasteiger partial charge in [0.05, 0.1) is 6.10 Å². The summed E-state index contributed by atoms with van der Waals surface area (Å²) in [5.74, 6) is 1.54. The zero-order chi connectivity index (χ0) is 13.0. The first-order valence-corrected chi connectivity index (χ1v) is 7.95. The number of fused-ring (bicyclic) bond motifs is 2. The molecule has 1 amide bonds. The normalized spacial score (nSPS) is 46.7. The van der Waals surface area contributed by atoms with Crippen LogP contribution in [0.25, 0.3) is 0 Å². The first-order chi connectivity index (χ1) is 9.24. The van der Waals surface area contributed by atoms with Crippen molar-refractivity contribution in [3.63, 3.8) is 0 Å². The molecule has 4 aliphatic heterocycles. The van der Waals surface area contributed by atoms with Crippen LogP contribution in [-0.4, -0.2) is 58.6 Å². The summed E-state index contributed by atoms with van der Waals surface area (Å²) in [5, 5.41) is 10.1. The molecule has 4 fully saturated rings. The van der Waals surface area contributed by atoms with Crippen LogP contribution >= 0.6 is 0 Å². The van der Waals surface area contributed by atoms with Gasteiger partial charge in [-0.3, -0.25) is 9.69 Å². The summed E-state index contributed by atoms with van der Waals surface area (Å²) in [7, 11) is 0. The first-order valence-electron chi connectivity index (χ1n) is 7.95. The number of piperidine rings is 4. The maximum absolute atomic E-state index is 12.2. The van der Waals surface area contributed by atoms with E-state index in [4.69, 9.17) is 0 Å². The molecule has 0 radical (unpaired) electrons. The molecule has 106 valence electrons. The lowest BCUT2D eigenvalue weighted by Gasteiger charge is -2.59. The van der Waals surface area contributed by atoms with Crippen molar-refractivity contribution in [2.75, 3.05) is 19.6 Å². The van der Waals surface area contributed by atoms with Gasteiger partial charge in [-0.05, 0) is 50.5 Å². The molecule has 0 aromatic rings. The topological polar surface area (TPSA) is 43.8 Å². The lowest BCUT2D eigenvalue weighted by molar-refractivity contribution is -0.155. The summed E-state index contributed by atoms with van der Waals surface area (Å²) < 4.78 is 0. The number of hydrogen-bond donors (Lipinski definition) is 1. The Labute approximate surface area is 114 Å². The Morgan fingerprint density at radius 3 is 2.95 bits per heavy atom. The zero-order valence-electron chi connectivity index (χ0n) is 11.5. The Morgan fingerprint density at radius 2 is 2.05 bits per heavy atom. The summed E-state index contributed by atoms with van der Waals surface area (Å²) in [5.41, 5.74) is 0. The van der Waals surface area contributed by atoms with Gasteiger partial charge >= 0.3 is 0 Å². The van der Waals surface area contributed by atoms with Crippen LogP contribution in [0.3, 0.4) is 0 Å². The highest BCUT2D eigenvalue weighted by atomic mass is 16.3. The Hall–Kier alpha value is -0.610. The largest absolute Gasteiger partial charge is 0.392 e. The Bertz CT molecular complexity index is 386. The number of aliphatic hydroxyl groups excluding tert-OH is 1. The van der Waals surface area contributed by atoms with Gasteiger partial charge in [-0.1, -0.05) is 0 Å². The highest BCUT2D eigenvalue weighted by Crippen LogP contribution is 2.44. The number of carbonyl (C=O) groups excluding carboxylic acids is 1. The molecule has 19 heavy (non-hydrogen) atoms. The van der Waals surface area contributed by atoms with Gasteiger partial charge in [0.2, 0.25) is 5.91 Å². The van der Waals surface area contributed by atoms with Crippen molar-refractivity contribution >= 4 is 5.91 Å². The van der Waals surface area contributed by atoms with E-state index < -0.39 is 0 Å². The first kappa shape index (κ1) is 12.2. The van der Waals surface area contributed by atoms with Gasteiger partial charge in [0.1, 0.15) is 0 Å². The smallest absolute Gasteiger partial charge is 0.222 e. The monoisotopic (exact) mass is 264 g/mol. The Kier molecular flexibility index (Phi) is 2.85. The van der Waals surface area contributed by atoms with Crippen LogP contribution < -0.4 is 0 Å². The predicted octanol–water partition coefficient (Wildman–Crippen LogP) is 0.842. The molecular weight excluding hydrogens is 240 g/mol. The summed E-state index contributed by atoms with van der Waals surface area (Å²) in [6, 6.07) is 1.14. The number of aliphatic hydroxyl groups is 1. The van der Waals surface area contributed by atoms with Crippen molar-refractivity contribution < 1.29 is 9.90 Å². The molecule has 5 atom stereocenters. The summed E-state index contributed by atoms with van der Waals surface area (Å²) in [6.07, 6.45) is 6.26. The average molecular weight is 264 g/mol. The van der Waals surface area contributed by atoms with Crippen molar-refractivity contribution in [2.45, 2.75) is 56.7 Å². The molecule has 4 nitrogen and oxygen atoms in total. The highest BCUT2D eigenvalue weighted by Gasteiger charge is 2.51. The lowest BCUT2D eigenvalue weighted by atomic mass is 9.67.